The zero-order chi connectivity index (χ0) is 16.0. The Hall–Kier alpha value is -0.683. The third-order valence-corrected chi connectivity index (χ3v) is 9.90. The van der Waals surface area contributed by atoms with Gasteiger partial charge in [-0.3, -0.25) is 4.79 Å². The summed E-state index contributed by atoms with van der Waals surface area (Å²) < 4.78 is 6.47. The Morgan fingerprint density at radius 3 is 2.29 bits per heavy atom. The van der Waals surface area contributed by atoms with Crippen LogP contribution in [0.4, 0.5) is 0 Å². The van der Waals surface area contributed by atoms with Crippen LogP contribution in [-0.2, 0) is 14.0 Å². The highest BCUT2D eigenvalue weighted by Crippen LogP contribution is 2.41. The molecule has 0 aromatic carbocycles. The summed E-state index contributed by atoms with van der Waals surface area (Å²) in [6, 6.07) is -0.301. The number of rotatable bonds is 4. The fraction of sp³-hybridized carbons (Fsp3) is 0.875. The van der Waals surface area contributed by atoms with E-state index in [2.05, 4.69) is 33.9 Å². The van der Waals surface area contributed by atoms with Gasteiger partial charge in [0, 0.05) is 12.3 Å². The monoisotopic (exact) mass is 311 g/mol. The number of aldehydes is 1. The minimum atomic E-state index is -1.88. The molecule has 2 aliphatic rings. The van der Waals surface area contributed by atoms with E-state index >= 15 is 0 Å². The molecular weight excluding hydrogens is 282 g/mol. The Balaban J connectivity index is 2.12. The Morgan fingerprint density at radius 2 is 1.86 bits per heavy atom. The SMILES string of the molecule is CC1[C@@H](O[Si](C)(C)C(C)(C)C)C[C@H](C=O)N1C(=O)C1CC1. The zero-order valence-corrected chi connectivity index (χ0v) is 15.2. The van der Waals surface area contributed by atoms with Gasteiger partial charge in [0.25, 0.3) is 0 Å². The topological polar surface area (TPSA) is 46.6 Å². The third-order valence-electron chi connectivity index (χ3n) is 5.40. The number of likely N-dealkylation sites (tertiary alicyclic amines) is 1. The second-order valence-corrected chi connectivity index (χ2v) is 12.9. The van der Waals surface area contributed by atoms with E-state index in [1.165, 1.54) is 0 Å². The van der Waals surface area contributed by atoms with E-state index in [-0.39, 0.29) is 35.1 Å². The lowest BCUT2D eigenvalue weighted by atomic mass is 10.2. The van der Waals surface area contributed by atoms with Gasteiger partial charge < -0.3 is 14.1 Å². The van der Waals surface area contributed by atoms with Crippen molar-refractivity contribution >= 4 is 20.5 Å². The van der Waals surface area contributed by atoms with Gasteiger partial charge in [-0.1, -0.05) is 20.8 Å². The van der Waals surface area contributed by atoms with Crippen LogP contribution in [0.5, 0.6) is 0 Å². The van der Waals surface area contributed by atoms with Crippen molar-refractivity contribution in [3.63, 3.8) is 0 Å². The molecule has 0 bridgehead atoms. The highest BCUT2D eigenvalue weighted by Gasteiger charge is 2.49. The summed E-state index contributed by atoms with van der Waals surface area (Å²) in [4.78, 5) is 25.6. The molecule has 0 radical (unpaired) electrons. The van der Waals surface area contributed by atoms with Crippen molar-refractivity contribution in [1.29, 1.82) is 0 Å². The van der Waals surface area contributed by atoms with Gasteiger partial charge in [0.2, 0.25) is 5.91 Å². The molecular formula is C16H29NO3Si. The van der Waals surface area contributed by atoms with E-state index in [9.17, 15) is 9.59 Å². The Morgan fingerprint density at radius 1 is 1.29 bits per heavy atom. The number of hydrogen-bond acceptors (Lipinski definition) is 3. The van der Waals surface area contributed by atoms with Gasteiger partial charge >= 0.3 is 0 Å². The van der Waals surface area contributed by atoms with Crippen LogP contribution in [0.15, 0.2) is 0 Å². The Labute approximate surface area is 129 Å². The van der Waals surface area contributed by atoms with Crippen molar-refractivity contribution in [2.24, 2.45) is 5.92 Å². The van der Waals surface area contributed by atoms with Crippen molar-refractivity contribution in [3.8, 4) is 0 Å². The fourth-order valence-electron chi connectivity index (χ4n) is 2.76. The fourth-order valence-corrected chi connectivity index (χ4v) is 4.16. The average molecular weight is 311 g/mol. The lowest BCUT2D eigenvalue weighted by Crippen LogP contribution is -2.48. The summed E-state index contributed by atoms with van der Waals surface area (Å²) >= 11 is 0. The Kier molecular flexibility index (Phi) is 4.37. The molecule has 2 rings (SSSR count). The summed E-state index contributed by atoms with van der Waals surface area (Å²) in [5, 5.41) is 0.136. The van der Waals surface area contributed by atoms with Crippen LogP contribution in [0.3, 0.4) is 0 Å². The van der Waals surface area contributed by atoms with Gasteiger partial charge in [0.1, 0.15) is 6.29 Å². The summed E-state index contributed by atoms with van der Waals surface area (Å²) in [6.45, 7) is 13.1. The molecule has 1 saturated heterocycles. The average Bonchev–Trinajstić information content (AvgIpc) is 3.14. The minimum Gasteiger partial charge on any atom is -0.412 e. The normalized spacial score (nSPS) is 30.6. The maximum Gasteiger partial charge on any atom is 0.226 e. The Bertz CT molecular complexity index is 426. The maximum absolute atomic E-state index is 12.4. The van der Waals surface area contributed by atoms with Gasteiger partial charge in [-0.25, -0.2) is 0 Å². The number of amides is 1. The predicted molar refractivity (Wildman–Crippen MR) is 85.6 cm³/mol. The van der Waals surface area contributed by atoms with Crippen LogP contribution in [0.25, 0.3) is 0 Å². The van der Waals surface area contributed by atoms with Crippen LogP contribution >= 0.6 is 0 Å². The van der Waals surface area contributed by atoms with Crippen molar-refractivity contribution in [3.05, 3.63) is 0 Å². The van der Waals surface area contributed by atoms with E-state index in [4.69, 9.17) is 4.43 Å². The lowest BCUT2D eigenvalue weighted by molar-refractivity contribution is -0.138. The lowest BCUT2D eigenvalue weighted by Gasteiger charge is -2.39. The van der Waals surface area contributed by atoms with E-state index < -0.39 is 8.32 Å². The zero-order valence-electron chi connectivity index (χ0n) is 14.2. The molecule has 1 amide bonds. The molecule has 0 spiro atoms. The number of hydrogen-bond donors (Lipinski definition) is 0. The smallest absolute Gasteiger partial charge is 0.226 e. The van der Waals surface area contributed by atoms with Crippen molar-refractivity contribution in [1.82, 2.24) is 4.90 Å². The van der Waals surface area contributed by atoms with Gasteiger partial charge in [-0.05, 0) is 37.9 Å². The first-order chi connectivity index (χ1) is 9.58. The third kappa shape index (κ3) is 3.23. The van der Waals surface area contributed by atoms with Gasteiger partial charge in [-0.2, -0.15) is 0 Å². The van der Waals surface area contributed by atoms with Crippen LogP contribution in [0, 0.1) is 5.92 Å². The van der Waals surface area contributed by atoms with Crippen molar-refractivity contribution in [2.75, 3.05) is 0 Å². The van der Waals surface area contributed by atoms with Crippen LogP contribution < -0.4 is 0 Å². The van der Waals surface area contributed by atoms with E-state index in [0.717, 1.165) is 19.1 Å². The molecule has 1 heterocycles. The van der Waals surface area contributed by atoms with E-state index in [1.807, 2.05) is 6.92 Å². The van der Waals surface area contributed by atoms with Gasteiger partial charge in [0.15, 0.2) is 8.32 Å². The number of nitrogens with zero attached hydrogens (tertiary/aromatic N) is 1. The maximum atomic E-state index is 12.4. The summed E-state index contributed by atoms with van der Waals surface area (Å²) in [5.41, 5.74) is 0. The molecule has 5 heteroatoms. The molecule has 1 saturated carbocycles. The quantitative estimate of drug-likeness (QED) is 0.592. The highest BCUT2D eigenvalue weighted by atomic mass is 28.4. The summed E-state index contributed by atoms with van der Waals surface area (Å²) in [6.07, 6.45) is 3.51. The van der Waals surface area contributed by atoms with E-state index in [0.29, 0.717) is 6.42 Å². The molecule has 2 fully saturated rings. The van der Waals surface area contributed by atoms with Crippen LogP contribution in [0.1, 0.15) is 47.0 Å². The summed E-state index contributed by atoms with van der Waals surface area (Å²) in [7, 11) is -1.88. The molecule has 3 atom stereocenters. The highest BCUT2D eigenvalue weighted by molar-refractivity contribution is 6.74. The molecule has 0 aromatic rings. The second-order valence-electron chi connectivity index (χ2n) is 8.12. The van der Waals surface area contributed by atoms with Gasteiger partial charge in [0.05, 0.1) is 18.2 Å². The largest absolute Gasteiger partial charge is 0.412 e. The van der Waals surface area contributed by atoms with Crippen LogP contribution in [0.2, 0.25) is 18.1 Å². The first-order valence-corrected chi connectivity index (χ1v) is 10.9. The van der Waals surface area contributed by atoms with Crippen LogP contribution in [-0.4, -0.2) is 43.6 Å². The number of carbonyl (C=O) groups is 2. The predicted octanol–water partition coefficient (Wildman–Crippen LogP) is 2.98. The minimum absolute atomic E-state index is 0.00225. The molecule has 0 N–H and O–H groups in total. The van der Waals surface area contributed by atoms with Gasteiger partial charge in [-0.15, -0.1) is 0 Å². The molecule has 1 unspecified atom stereocenters. The molecule has 0 aromatic heterocycles. The number of carbonyl (C=O) groups excluding carboxylic acids is 2. The molecule has 4 nitrogen and oxygen atoms in total. The molecule has 120 valence electrons. The van der Waals surface area contributed by atoms with E-state index in [1.54, 1.807) is 4.90 Å². The first-order valence-electron chi connectivity index (χ1n) is 8.04. The molecule has 1 aliphatic carbocycles. The standard InChI is InChI=1S/C16H29NO3Si/c1-11-14(20-21(5,6)16(2,3)4)9-13(10-18)17(11)15(19)12-7-8-12/h10-14H,7-9H2,1-6H3/t11?,13-,14+/m1/s1. The summed E-state index contributed by atoms with van der Waals surface area (Å²) in [5.74, 6) is 0.308. The molecule has 1 aliphatic heterocycles. The van der Waals surface area contributed by atoms with Crippen molar-refractivity contribution < 1.29 is 14.0 Å². The second kappa shape index (κ2) is 5.50. The molecule has 21 heavy (non-hydrogen) atoms. The first kappa shape index (κ1) is 16.7. The van der Waals surface area contributed by atoms with Crippen molar-refractivity contribution in [2.45, 2.75) is 83.3 Å².